The smallest absolute Gasteiger partial charge is 0.359 e. The Kier molecular flexibility index (Phi) is 6.24. The van der Waals surface area contributed by atoms with E-state index in [0.717, 1.165) is 17.8 Å². The zero-order valence-electron chi connectivity index (χ0n) is 17.4. The molecular formula is C21H19F4N7O. The number of nitrogens with one attached hydrogen (secondary N) is 3. The van der Waals surface area contributed by atoms with Crippen LogP contribution in [-0.4, -0.2) is 25.3 Å². The van der Waals surface area contributed by atoms with Crippen LogP contribution in [0.1, 0.15) is 28.3 Å². The molecule has 172 valence electrons. The minimum Gasteiger partial charge on any atom is -0.359 e. The third-order valence-electron chi connectivity index (χ3n) is 4.61. The minimum absolute atomic E-state index is 0.213. The van der Waals surface area contributed by atoms with Gasteiger partial charge in [0.2, 0.25) is 5.95 Å². The molecular weight excluding hydrogens is 442 g/mol. The van der Waals surface area contributed by atoms with E-state index in [0.29, 0.717) is 48.1 Å². The lowest BCUT2D eigenvalue weighted by Gasteiger charge is -2.09. The summed E-state index contributed by atoms with van der Waals surface area (Å²) in [6.07, 6.45) is -2.46. The molecule has 4 rings (SSSR count). The van der Waals surface area contributed by atoms with Crippen LogP contribution >= 0.6 is 0 Å². The predicted molar refractivity (Wildman–Crippen MR) is 111 cm³/mol. The lowest BCUT2D eigenvalue weighted by molar-refractivity contribution is -0.137. The average molecular weight is 461 g/mol. The second kappa shape index (κ2) is 9.27. The summed E-state index contributed by atoms with van der Waals surface area (Å²) >= 11 is 0. The molecule has 0 fully saturated rings. The maximum Gasteiger partial charge on any atom is 0.416 e. The Morgan fingerprint density at radius 3 is 2.67 bits per heavy atom. The fourth-order valence-corrected chi connectivity index (χ4v) is 3.10. The Balaban J connectivity index is 1.35. The molecule has 0 unspecified atom stereocenters. The van der Waals surface area contributed by atoms with Crippen molar-refractivity contribution in [2.75, 3.05) is 10.6 Å². The van der Waals surface area contributed by atoms with Crippen LogP contribution in [0.4, 0.5) is 35.1 Å². The predicted octanol–water partition coefficient (Wildman–Crippen LogP) is 4.79. The standard InChI is InChI=1S/C21H19F4N7O/c1-12-6-17(33-32-12)11-27-20-26-5-4-18(29-20)28-19-10-16(30-31-19)3-2-13-7-14(21(23,24)25)9-15(22)8-13/h4-10H,2-3,11H2,1H3,(H3,26,27,28,29,30,31). The highest BCUT2D eigenvalue weighted by atomic mass is 19.4. The van der Waals surface area contributed by atoms with Crippen molar-refractivity contribution in [3.63, 3.8) is 0 Å². The van der Waals surface area contributed by atoms with Crippen LogP contribution in [0.2, 0.25) is 0 Å². The average Bonchev–Trinajstić information content (AvgIpc) is 3.38. The molecule has 0 radical (unpaired) electrons. The number of rotatable bonds is 8. The Morgan fingerprint density at radius 1 is 1.06 bits per heavy atom. The molecule has 4 aromatic rings. The summed E-state index contributed by atoms with van der Waals surface area (Å²) < 4.78 is 57.3. The van der Waals surface area contributed by atoms with Gasteiger partial charge in [-0.1, -0.05) is 5.16 Å². The summed E-state index contributed by atoms with van der Waals surface area (Å²) in [6.45, 7) is 2.19. The van der Waals surface area contributed by atoms with Crippen LogP contribution in [0, 0.1) is 12.7 Å². The Morgan fingerprint density at radius 2 is 1.91 bits per heavy atom. The fourth-order valence-electron chi connectivity index (χ4n) is 3.10. The van der Waals surface area contributed by atoms with Gasteiger partial charge in [-0.15, -0.1) is 0 Å². The molecule has 0 aliphatic rings. The summed E-state index contributed by atoms with van der Waals surface area (Å²) in [7, 11) is 0. The van der Waals surface area contributed by atoms with E-state index in [4.69, 9.17) is 4.52 Å². The van der Waals surface area contributed by atoms with Gasteiger partial charge in [-0.25, -0.2) is 9.37 Å². The number of aromatic amines is 1. The van der Waals surface area contributed by atoms with Gasteiger partial charge in [-0.05, 0) is 49.6 Å². The number of nitrogens with zero attached hydrogens (tertiary/aromatic N) is 4. The summed E-state index contributed by atoms with van der Waals surface area (Å²) in [5.41, 5.74) is 0.690. The molecule has 0 saturated heterocycles. The fraction of sp³-hybridized carbons (Fsp3) is 0.238. The van der Waals surface area contributed by atoms with Crippen molar-refractivity contribution in [1.82, 2.24) is 25.3 Å². The van der Waals surface area contributed by atoms with Gasteiger partial charge >= 0.3 is 6.18 Å². The normalized spacial score (nSPS) is 11.5. The second-order valence-corrected chi connectivity index (χ2v) is 7.30. The Bertz CT molecular complexity index is 1240. The number of alkyl halides is 3. The van der Waals surface area contributed by atoms with E-state index in [-0.39, 0.29) is 12.0 Å². The molecule has 0 amide bonds. The molecule has 0 aliphatic carbocycles. The molecule has 0 saturated carbocycles. The molecule has 33 heavy (non-hydrogen) atoms. The van der Waals surface area contributed by atoms with E-state index in [9.17, 15) is 17.6 Å². The van der Waals surface area contributed by atoms with Gasteiger partial charge < -0.3 is 15.2 Å². The van der Waals surface area contributed by atoms with Crippen LogP contribution in [0.5, 0.6) is 0 Å². The first-order valence-corrected chi connectivity index (χ1v) is 9.92. The summed E-state index contributed by atoms with van der Waals surface area (Å²) in [6, 6.07) is 7.70. The number of anilines is 3. The minimum atomic E-state index is -4.60. The van der Waals surface area contributed by atoms with Crippen molar-refractivity contribution in [3.8, 4) is 0 Å². The molecule has 3 aromatic heterocycles. The maximum absolute atomic E-state index is 13.6. The number of H-pyrrole nitrogens is 1. The Labute approximate surface area is 185 Å². The molecule has 3 N–H and O–H groups in total. The highest BCUT2D eigenvalue weighted by molar-refractivity contribution is 5.53. The topological polar surface area (TPSA) is 105 Å². The van der Waals surface area contributed by atoms with Crippen molar-refractivity contribution < 1.29 is 22.1 Å². The van der Waals surface area contributed by atoms with Gasteiger partial charge in [0.05, 0.1) is 17.8 Å². The van der Waals surface area contributed by atoms with Gasteiger partial charge in [0.25, 0.3) is 0 Å². The zero-order chi connectivity index (χ0) is 23.4. The number of aromatic nitrogens is 5. The molecule has 0 bridgehead atoms. The third kappa shape index (κ3) is 6.05. The van der Waals surface area contributed by atoms with E-state index >= 15 is 0 Å². The van der Waals surface area contributed by atoms with E-state index < -0.39 is 17.6 Å². The lowest BCUT2D eigenvalue weighted by atomic mass is 10.0. The van der Waals surface area contributed by atoms with E-state index in [1.807, 2.05) is 6.92 Å². The lowest BCUT2D eigenvalue weighted by Crippen LogP contribution is -2.06. The first kappa shape index (κ1) is 22.2. The van der Waals surface area contributed by atoms with Gasteiger partial charge in [-0.3, -0.25) is 5.10 Å². The molecule has 0 atom stereocenters. The van der Waals surface area contributed by atoms with Gasteiger partial charge in [-0.2, -0.15) is 23.3 Å². The van der Waals surface area contributed by atoms with Crippen LogP contribution in [0.25, 0.3) is 0 Å². The molecule has 3 heterocycles. The molecule has 8 nitrogen and oxygen atoms in total. The van der Waals surface area contributed by atoms with Crippen LogP contribution in [0.15, 0.2) is 47.1 Å². The van der Waals surface area contributed by atoms with E-state index in [1.165, 1.54) is 0 Å². The number of hydrogen-bond donors (Lipinski definition) is 3. The zero-order valence-corrected chi connectivity index (χ0v) is 17.4. The molecule has 1 aromatic carbocycles. The van der Waals surface area contributed by atoms with Crippen LogP contribution in [0.3, 0.4) is 0 Å². The van der Waals surface area contributed by atoms with Crippen LogP contribution in [-0.2, 0) is 25.6 Å². The van der Waals surface area contributed by atoms with E-state index in [2.05, 4.69) is 36.0 Å². The van der Waals surface area contributed by atoms with Crippen molar-refractivity contribution in [2.45, 2.75) is 32.5 Å². The summed E-state index contributed by atoms with van der Waals surface area (Å²) in [5.74, 6) is 1.05. The highest BCUT2D eigenvalue weighted by Crippen LogP contribution is 2.30. The number of aryl methyl sites for hydroxylation is 3. The van der Waals surface area contributed by atoms with Crippen molar-refractivity contribution in [2.24, 2.45) is 0 Å². The first-order valence-electron chi connectivity index (χ1n) is 9.92. The van der Waals surface area contributed by atoms with Crippen LogP contribution < -0.4 is 10.6 Å². The molecule has 0 aliphatic heterocycles. The highest BCUT2D eigenvalue weighted by Gasteiger charge is 2.31. The number of benzene rings is 1. The quantitative estimate of drug-likeness (QED) is 0.324. The maximum atomic E-state index is 13.6. The van der Waals surface area contributed by atoms with Crippen molar-refractivity contribution in [1.29, 1.82) is 0 Å². The summed E-state index contributed by atoms with van der Waals surface area (Å²) in [4.78, 5) is 8.48. The summed E-state index contributed by atoms with van der Waals surface area (Å²) in [5, 5.41) is 16.8. The van der Waals surface area contributed by atoms with Gasteiger partial charge in [0, 0.05) is 24.0 Å². The molecule has 0 spiro atoms. The van der Waals surface area contributed by atoms with Gasteiger partial charge in [0.1, 0.15) is 11.6 Å². The first-order chi connectivity index (χ1) is 15.7. The number of halogens is 4. The van der Waals surface area contributed by atoms with Crippen molar-refractivity contribution in [3.05, 3.63) is 76.7 Å². The number of hydrogen-bond acceptors (Lipinski definition) is 7. The van der Waals surface area contributed by atoms with E-state index in [1.54, 1.807) is 24.4 Å². The Hall–Kier alpha value is -3.96. The second-order valence-electron chi connectivity index (χ2n) is 7.30. The van der Waals surface area contributed by atoms with Crippen molar-refractivity contribution >= 4 is 17.6 Å². The largest absolute Gasteiger partial charge is 0.416 e. The monoisotopic (exact) mass is 461 g/mol. The van der Waals surface area contributed by atoms with Gasteiger partial charge in [0.15, 0.2) is 11.6 Å². The SMILES string of the molecule is Cc1cc(CNc2nccc(Nc3cc(CCc4cc(F)cc(C(F)(F)F)c4)[nH]n3)n2)on1. The molecule has 12 heteroatoms. The third-order valence-corrected chi connectivity index (χ3v) is 4.61.